The number of amides is 1. The van der Waals surface area contributed by atoms with Crippen molar-refractivity contribution in [1.29, 1.82) is 0 Å². The fourth-order valence-corrected chi connectivity index (χ4v) is 3.06. The first kappa shape index (κ1) is 13.7. The van der Waals surface area contributed by atoms with Crippen molar-refractivity contribution < 1.29 is 4.79 Å². The first-order chi connectivity index (χ1) is 11.3. The van der Waals surface area contributed by atoms with Crippen LogP contribution in [0.2, 0.25) is 0 Å². The predicted molar refractivity (Wildman–Crippen MR) is 89.5 cm³/mol. The molecule has 0 fully saturated rings. The molecule has 5 heteroatoms. The molecule has 0 aliphatic heterocycles. The van der Waals surface area contributed by atoms with E-state index in [-0.39, 0.29) is 5.91 Å². The van der Waals surface area contributed by atoms with Crippen molar-refractivity contribution in [3.05, 3.63) is 65.6 Å². The van der Waals surface area contributed by atoms with Gasteiger partial charge in [-0.2, -0.15) is 5.10 Å². The number of fused-ring (bicyclic) bond motifs is 3. The second-order valence-corrected chi connectivity index (χ2v) is 5.61. The number of hydrazone groups is 1. The lowest BCUT2D eigenvalue weighted by Crippen LogP contribution is -2.22. The Bertz CT molecular complexity index is 896. The molecule has 23 heavy (non-hydrogen) atoms. The number of para-hydroxylation sites is 1. The highest BCUT2D eigenvalue weighted by Gasteiger charge is 2.20. The van der Waals surface area contributed by atoms with Crippen LogP contribution in [0.5, 0.6) is 0 Å². The van der Waals surface area contributed by atoms with E-state index in [0.717, 1.165) is 36.2 Å². The molecule has 114 valence electrons. The number of aryl methyl sites for hydroxylation is 1. The van der Waals surface area contributed by atoms with Crippen LogP contribution in [0.1, 0.15) is 34.5 Å². The Morgan fingerprint density at radius 3 is 2.83 bits per heavy atom. The van der Waals surface area contributed by atoms with E-state index in [0.29, 0.717) is 5.56 Å². The van der Waals surface area contributed by atoms with E-state index in [4.69, 9.17) is 0 Å². The molecular formula is C18H16N4O. The largest absolute Gasteiger partial charge is 0.353 e. The smallest absolute Gasteiger partial charge is 0.271 e. The fraction of sp³-hybridized carbons (Fsp3) is 0.167. The highest BCUT2D eigenvalue weighted by molar-refractivity contribution is 6.07. The van der Waals surface area contributed by atoms with Crippen LogP contribution in [0.15, 0.2) is 53.9 Å². The van der Waals surface area contributed by atoms with Crippen molar-refractivity contribution in [1.82, 2.24) is 15.4 Å². The molecule has 2 N–H and O–H groups in total. The number of nitrogens with one attached hydrogen (secondary N) is 2. The van der Waals surface area contributed by atoms with Crippen molar-refractivity contribution in [2.24, 2.45) is 5.10 Å². The Hall–Kier alpha value is -2.95. The average molecular weight is 304 g/mol. The van der Waals surface area contributed by atoms with Gasteiger partial charge >= 0.3 is 0 Å². The molecule has 1 aliphatic carbocycles. The lowest BCUT2D eigenvalue weighted by Gasteiger charge is -2.14. The van der Waals surface area contributed by atoms with Gasteiger partial charge in [0.1, 0.15) is 0 Å². The molecule has 1 aliphatic rings. The number of carbonyl (C=O) groups excluding carboxylic acids is 1. The maximum absolute atomic E-state index is 12.1. The monoisotopic (exact) mass is 304 g/mol. The van der Waals surface area contributed by atoms with Crippen LogP contribution in [-0.2, 0) is 6.42 Å². The quantitative estimate of drug-likeness (QED) is 0.714. The van der Waals surface area contributed by atoms with Gasteiger partial charge in [-0.15, -0.1) is 0 Å². The van der Waals surface area contributed by atoms with Gasteiger partial charge in [0.15, 0.2) is 0 Å². The number of nitrogens with zero attached hydrogens (tertiary/aromatic N) is 2. The molecule has 3 aromatic rings. The van der Waals surface area contributed by atoms with E-state index >= 15 is 0 Å². The van der Waals surface area contributed by atoms with Crippen molar-refractivity contribution in [2.45, 2.75) is 19.3 Å². The molecule has 0 atom stereocenters. The third kappa shape index (κ3) is 2.50. The van der Waals surface area contributed by atoms with Crippen molar-refractivity contribution in [3.63, 3.8) is 0 Å². The highest BCUT2D eigenvalue weighted by Crippen LogP contribution is 2.29. The summed E-state index contributed by atoms with van der Waals surface area (Å²) in [5, 5.41) is 5.61. The summed E-state index contributed by atoms with van der Waals surface area (Å²) in [4.78, 5) is 19.5. The number of aromatic amines is 1. The summed E-state index contributed by atoms with van der Waals surface area (Å²) in [5.74, 6) is -0.219. The summed E-state index contributed by atoms with van der Waals surface area (Å²) in [6.45, 7) is 0. The van der Waals surface area contributed by atoms with Gasteiger partial charge < -0.3 is 4.98 Å². The molecule has 5 nitrogen and oxygen atoms in total. The molecule has 1 amide bonds. The van der Waals surface area contributed by atoms with E-state index in [2.05, 4.69) is 32.6 Å². The second-order valence-electron chi connectivity index (χ2n) is 5.61. The van der Waals surface area contributed by atoms with Crippen molar-refractivity contribution in [3.8, 4) is 0 Å². The molecule has 0 bridgehead atoms. The van der Waals surface area contributed by atoms with Crippen LogP contribution >= 0.6 is 0 Å². The number of carbonyl (C=O) groups is 1. The number of benzene rings is 1. The molecule has 0 saturated carbocycles. The van der Waals surface area contributed by atoms with Crippen molar-refractivity contribution in [2.75, 3.05) is 0 Å². The summed E-state index contributed by atoms with van der Waals surface area (Å²) >= 11 is 0. The summed E-state index contributed by atoms with van der Waals surface area (Å²) in [6, 6.07) is 11.6. The van der Waals surface area contributed by atoms with E-state index in [9.17, 15) is 4.79 Å². The molecule has 2 aromatic heterocycles. The van der Waals surface area contributed by atoms with Crippen LogP contribution in [0.3, 0.4) is 0 Å². The Morgan fingerprint density at radius 2 is 1.96 bits per heavy atom. The zero-order valence-electron chi connectivity index (χ0n) is 12.5. The van der Waals surface area contributed by atoms with Gasteiger partial charge in [-0.3, -0.25) is 9.78 Å². The maximum atomic E-state index is 12.1. The number of hydrogen-bond donors (Lipinski definition) is 2. The Balaban J connectivity index is 1.65. The molecule has 0 spiro atoms. The standard InChI is InChI=1S/C18H16N4O/c23-18(12-8-10-19-11-9-12)22-21-16-7-3-5-14-13-4-1-2-6-15(13)20-17(14)16/h1-2,4,6,8-11,20H,3,5,7H2,(H,22,23). The van der Waals surface area contributed by atoms with E-state index in [1.807, 2.05) is 12.1 Å². The molecule has 2 heterocycles. The minimum atomic E-state index is -0.219. The molecular weight excluding hydrogens is 288 g/mol. The summed E-state index contributed by atoms with van der Waals surface area (Å²) in [5.41, 5.74) is 7.58. The lowest BCUT2D eigenvalue weighted by molar-refractivity contribution is 0.0954. The van der Waals surface area contributed by atoms with Gasteiger partial charge in [-0.05, 0) is 43.0 Å². The predicted octanol–water partition coefficient (Wildman–Crippen LogP) is 3.03. The number of rotatable bonds is 2. The van der Waals surface area contributed by atoms with Crippen LogP contribution < -0.4 is 5.43 Å². The third-order valence-corrected chi connectivity index (χ3v) is 4.18. The summed E-state index contributed by atoms with van der Waals surface area (Å²) in [6.07, 6.45) is 6.13. The maximum Gasteiger partial charge on any atom is 0.271 e. The average Bonchev–Trinajstić information content (AvgIpc) is 3.00. The van der Waals surface area contributed by atoms with Gasteiger partial charge in [0.05, 0.1) is 11.4 Å². The van der Waals surface area contributed by atoms with Crippen LogP contribution in [0.4, 0.5) is 0 Å². The van der Waals surface area contributed by atoms with Gasteiger partial charge in [-0.1, -0.05) is 18.2 Å². The Kier molecular flexibility index (Phi) is 3.38. The summed E-state index contributed by atoms with van der Waals surface area (Å²) < 4.78 is 0. The SMILES string of the molecule is O=C(NN=C1CCCc2c1[nH]c1ccccc21)c1ccncc1. The van der Waals surface area contributed by atoms with Gasteiger partial charge in [-0.25, -0.2) is 5.43 Å². The minimum absolute atomic E-state index is 0.219. The van der Waals surface area contributed by atoms with E-state index in [1.165, 1.54) is 10.9 Å². The van der Waals surface area contributed by atoms with Crippen LogP contribution in [-0.4, -0.2) is 21.6 Å². The highest BCUT2D eigenvalue weighted by atomic mass is 16.2. The van der Waals surface area contributed by atoms with Gasteiger partial charge in [0.25, 0.3) is 5.91 Å². The Morgan fingerprint density at radius 1 is 1.13 bits per heavy atom. The van der Waals surface area contributed by atoms with Crippen molar-refractivity contribution >= 4 is 22.5 Å². The number of H-pyrrole nitrogens is 1. The normalized spacial score (nSPS) is 15.6. The van der Waals surface area contributed by atoms with Gasteiger partial charge in [0.2, 0.25) is 0 Å². The number of pyridine rings is 1. The van der Waals surface area contributed by atoms with Crippen LogP contribution in [0, 0.1) is 0 Å². The Labute approximate surface area is 133 Å². The lowest BCUT2D eigenvalue weighted by atomic mass is 9.94. The topological polar surface area (TPSA) is 70.1 Å². The minimum Gasteiger partial charge on any atom is -0.353 e. The molecule has 1 aromatic carbocycles. The number of hydrogen-bond acceptors (Lipinski definition) is 3. The molecule has 0 unspecified atom stereocenters. The first-order valence-electron chi connectivity index (χ1n) is 7.70. The zero-order chi connectivity index (χ0) is 15.6. The second kappa shape index (κ2) is 5.68. The third-order valence-electron chi connectivity index (χ3n) is 4.18. The van der Waals surface area contributed by atoms with E-state index in [1.54, 1.807) is 24.5 Å². The van der Waals surface area contributed by atoms with Gasteiger partial charge in [0, 0.05) is 28.9 Å². The van der Waals surface area contributed by atoms with E-state index < -0.39 is 0 Å². The molecule has 0 radical (unpaired) electrons. The van der Waals surface area contributed by atoms with Crippen LogP contribution in [0.25, 0.3) is 10.9 Å². The first-order valence-corrected chi connectivity index (χ1v) is 7.70. The zero-order valence-corrected chi connectivity index (χ0v) is 12.5. The number of aromatic nitrogens is 2. The molecule has 0 saturated heterocycles. The fourth-order valence-electron chi connectivity index (χ4n) is 3.06. The summed E-state index contributed by atoms with van der Waals surface area (Å²) in [7, 11) is 0. The molecule has 4 rings (SSSR count).